The van der Waals surface area contributed by atoms with Gasteiger partial charge in [0.15, 0.2) is 0 Å². The van der Waals surface area contributed by atoms with Gasteiger partial charge in [0.1, 0.15) is 0 Å². The van der Waals surface area contributed by atoms with E-state index >= 15 is 0 Å². The number of rotatable bonds is 10. The van der Waals surface area contributed by atoms with Gasteiger partial charge in [0.25, 0.3) is 5.91 Å². The van der Waals surface area contributed by atoms with Crippen molar-refractivity contribution in [3.8, 4) is 0 Å². The van der Waals surface area contributed by atoms with Gasteiger partial charge in [-0.2, -0.15) is 0 Å². The molecule has 1 aliphatic rings. The summed E-state index contributed by atoms with van der Waals surface area (Å²) in [6.07, 6.45) is 7.06. The van der Waals surface area contributed by atoms with Gasteiger partial charge in [0.05, 0.1) is 17.5 Å². The van der Waals surface area contributed by atoms with Crippen LogP contribution in [0.1, 0.15) is 55.5 Å². The highest BCUT2D eigenvalue weighted by Gasteiger charge is 2.29. The SMILES string of the molecule is CC(C)CCCCCSc1ccc2c(c1)CCN2C(=O)c1ccccc1N(C)S(C)(=O)=O. The highest BCUT2D eigenvalue weighted by molar-refractivity contribution is 7.99. The second-order valence-corrected chi connectivity index (χ2v) is 12.0. The van der Waals surface area contributed by atoms with Crippen molar-refractivity contribution in [2.45, 2.75) is 50.8 Å². The molecule has 0 saturated heterocycles. The average Bonchev–Trinajstić information content (AvgIpc) is 3.17. The summed E-state index contributed by atoms with van der Waals surface area (Å²) in [4.78, 5) is 16.4. The topological polar surface area (TPSA) is 57.7 Å². The van der Waals surface area contributed by atoms with Crippen molar-refractivity contribution >= 4 is 39.1 Å². The molecule has 0 N–H and O–H groups in total. The van der Waals surface area contributed by atoms with Gasteiger partial charge >= 0.3 is 0 Å². The molecular weight excluding hydrogens is 440 g/mol. The maximum absolute atomic E-state index is 13.4. The van der Waals surface area contributed by atoms with Crippen LogP contribution < -0.4 is 9.21 Å². The summed E-state index contributed by atoms with van der Waals surface area (Å²) in [5.74, 6) is 1.73. The van der Waals surface area contributed by atoms with Crippen LogP contribution in [0, 0.1) is 5.92 Å². The molecule has 0 aliphatic carbocycles. The van der Waals surface area contributed by atoms with Crippen LogP contribution in [0.2, 0.25) is 0 Å². The predicted octanol–water partition coefficient (Wildman–Crippen LogP) is 5.59. The number of para-hydroxylation sites is 1. The van der Waals surface area contributed by atoms with E-state index in [-0.39, 0.29) is 5.91 Å². The van der Waals surface area contributed by atoms with Gasteiger partial charge in [-0.25, -0.2) is 8.42 Å². The number of thioether (sulfide) groups is 1. The Bertz CT molecular complexity index is 1050. The molecule has 0 fully saturated rings. The summed E-state index contributed by atoms with van der Waals surface area (Å²) in [5.41, 5.74) is 2.90. The number of fused-ring (bicyclic) bond motifs is 1. The first-order chi connectivity index (χ1) is 15.2. The number of nitrogens with zero attached hydrogens (tertiary/aromatic N) is 2. The van der Waals surface area contributed by atoms with E-state index in [0.717, 1.165) is 34.3 Å². The summed E-state index contributed by atoms with van der Waals surface area (Å²) in [6, 6.07) is 13.2. The first-order valence-corrected chi connectivity index (χ1v) is 14.1. The third kappa shape index (κ3) is 6.07. The van der Waals surface area contributed by atoms with Crippen molar-refractivity contribution in [1.29, 1.82) is 0 Å². The summed E-state index contributed by atoms with van der Waals surface area (Å²) >= 11 is 1.88. The van der Waals surface area contributed by atoms with Crippen LogP contribution >= 0.6 is 11.8 Å². The number of carbonyl (C=O) groups is 1. The minimum Gasteiger partial charge on any atom is -0.308 e. The predicted molar refractivity (Wildman–Crippen MR) is 136 cm³/mol. The largest absolute Gasteiger partial charge is 0.308 e. The number of hydrogen-bond donors (Lipinski definition) is 0. The summed E-state index contributed by atoms with van der Waals surface area (Å²) in [6.45, 7) is 5.15. The number of hydrogen-bond acceptors (Lipinski definition) is 4. The van der Waals surface area contributed by atoms with Crippen LogP contribution in [0.3, 0.4) is 0 Å². The Morgan fingerprint density at radius 2 is 1.88 bits per heavy atom. The highest BCUT2D eigenvalue weighted by atomic mass is 32.2. The molecule has 1 amide bonds. The van der Waals surface area contributed by atoms with Gasteiger partial charge in [-0.1, -0.05) is 45.2 Å². The molecule has 2 aromatic carbocycles. The summed E-state index contributed by atoms with van der Waals surface area (Å²) in [5, 5.41) is 0. The molecule has 0 atom stereocenters. The molecule has 2 aromatic rings. The van der Waals surface area contributed by atoms with Gasteiger partial charge in [-0.05, 0) is 60.4 Å². The van der Waals surface area contributed by atoms with Crippen molar-refractivity contribution in [2.24, 2.45) is 5.92 Å². The molecule has 0 radical (unpaired) electrons. The molecule has 1 aliphatic heterocycles. The first-order valence-electron chi connectivity index (χ1n) is 11.3. The second kappa shape index (κ2) is 10.8. The van der Waals surface area contributed by atoms with E-state index in [4.69, 9.17) is 0 Å². The lowest BCUT2D eigenvalue weighted by Gasteiger charge is -2.23. The molecule has 174 valence electrons. The number of anilines is 2. The lowest BCUT2D eigenvalue weighted by atomic mass is 10.1. The normalized spacial score (nSPS) is 13.5. The number of unbranched alkanes of at least 4 members (excludes halogenated alkanes) is 2. The Balaban J connectivity index is 1.68. The standard InChI is InChI=1S/C25H34N2O3S2/c1-19(2)10-6-5-9-17-31-21-13-14-23-20(18-21)15-16-27(23)25(28)22-11-7-8-12-24(22)26(3)32(4,29)30/h7-8,11-14,18-19H,5-6,9-10,15-17H2,1-4H3. The fourth-order valence-electron chi connectivity index (χ4n) is 3.95. The second-order valence-electron chi connectivity index (χ2n) is 8.84. The third-order valence-electron chi connectivity index (χ3n) is 5.86. The van der Waals surface area contributed by atoms with Gasteiger partial charge in [0, 0.05) is 24.2 Å². The van der Waals surface area contributed by atoms with Gasteiger partial charge in [-0.3, -0.25) is 9.10 Å². The fraction of sp³-hybridized carbons (Fsp3) is 0.480. The van der Waals surface area contributed by atoms with Crippen LogP contribution in [-0.2, 0) is 16.4 Å². The Kier molecular flexibility index (Phi) is 8.28. The lowest BCUT2D eigenvalue weighted by Crippen LogP contribution is -2.32. The first kappa shape index (κ1) is 24.6. The number of benzene rings is 2. The van der Waals surface area contributed by atoms with Crippen LogP contribution in [0.4, 0.5) is 11.4 Å². The van der Waals surface area contributed by atoms with Gasteiger partial charge in [0.2, 0.25) is 10.0 Å². The molecule has 1 heterocycles. The van der Waals surface area contributed by atoms with Crippen molar-refractivity contribution in [3.05, 3.63) is 53.6 Å². The molecule has 0 spiro atoms. The maximum Gasteiger partial charge on any atom is 0.260 e. The lowest BCUT2D eigenvalue weighted by molar-refractivity contribution is 0.0990. The number of sulfonamides is 1. The Morgan fingerprint density at radius 1 is 1.12 bits per heavy atom. The zero-order valence-electron chi connectivity index (χ0n) is 19.5. The van der Waals surface area contributed by atoms with E-state index in [1.54, 1.807) is 29.2 Å². The Hall–Kier alpha value is -1.99. The van der Waals surface area contributed by atoms with Crippen LogP contribution in [-0.4, -0.2) is 39.9 Å². The van der Waals surface area contributed by atoms with E-state index < -0.39 is 10.0 Å². The van der Waals surface area contributed by atoms with E-state index in [0.29, 0.717) is 17.8 Å². The third-order valence-corrected chi connectivity index (χ3v) is 8.13. The smallest absolute Gasteiger partial charge is 0.260 e. The molecule has 0 aromatic heterocycles. The number of amides is 1. The van der Waals surface area contributed by atoms with Crippen molar-refractivity contribution < 1.29 is 13.2 Å². The van der Waals surface area contributed by atoms with E-state index in [9.17, 15) is 13.2 Å². The molecular formula is C25H34N2O3S2. The molecule has 7 heteroatoms. The quantitative estimate of drug-likeness (QED) is 0.332. The van der Waals surface area contributed by atoms with Crippen molar-refractivity contribution in [3.63, 3.8) is 0 Å². The van der Waals surface area contributed by atoms with Crippen molar-refractivity contribution in [1.82, 2.24) is 0 Å². The van der Waals surface area contributed by atoms with Crippen LogP contribution in [0.25, 0.3) is 0 Å². The molecule has 32 heavy (non-hydrogen) atoms. The van der Waals surface area contributed by atoms with E-state index in [2.05, 4.69) is 26.0 Å². The van der Waals surface area contributed by atoms with E-state index in [1.165, 1.54) is 43.2 Å². The van der Waals surface area contributed by atoms with E-state index in [1.807, 2.05) is 17.8 Å². The monoisotopic (exact) mass is 474 g/mol. The minimum absolute atomic E-state index is 0.166. The van der Waals surface area contributed by atoms with Crippen LogP contribution in [0.5, 0.6) is 0 Å². The van der Waals surface area contributed by atoms with Gasteiger partial charge in [-0.15, -0.1) is 11.8 Å². The fourth-order valence-corrected chi connectivity index (χ4v) is 5.44. The zero-order valence-corrected chi connectivity index (χ0v) is 21.1. The maximum atomic E-state index is 13.4. The molecule has 3 rings (SSSR count). The molecule has 0 bridgehead atoms. The summed E-state index contributed by atoms with van der Waals surface area (Å²) in [7, 11) is -1.98. The van der Waals surface area contributed by atoms with Gasteiger partial charge < -0.3 is 4.90 Å². The van der Waals surface area contributed by atoms with Crippen molar-refractivity contribution in [2.75, 3.05) is 34.8 Å². The minimum atomic E-state index is -3.46. The number of carbonyl (C=O) groups excluding carboxylic acids is 1. The average molecular weight is 475 g/mol. The molecule has 0 saturated carbocycles. The Morgan fingerprint density at radius 3 is 2.59 bits per heavy atom. The zero-order chi connectivity index (χ0) is 23.3. The van der Waals surface area contributed by atoms with Crippen LogP contribution in [0.15, 0.2) is 47.4 Å². The summed E-state index contributed by atoms with van der Waals surface area (Å²) < 4.78 is 25.2. The molecule has 0 unspecified atom stereocenters. The highest BCUT2D eigenvalue weighted by Crippen LogP contribution is 2.34. The Labute approximate surface area is 197 Å². The molecule has 5 nitrogen and oxygen atoms in total.